The molecule has 0 rings (SSSR count). The number of allylic oxidation sites excluding steroid dienone is 2. The van der Waals surface area contributed by atoms with Gasteiger partial charge in [0.05, 0.1) is 7.11 Å². The van der Waals surface area contributed by atoms with Crippen molar-refractivity contribution in [2.24, 2.45) is 0 Å². The van der Waals surface area contributed by atoms with Gasteiger partial charge in [-0.05, 0) is 6.42 Å². The second-order valence-electron chi connectivity index (χ2n) is 2.02. The molecule has 0 aliphatic carbocycles. The quantitative estimate of drug-likeness (QED) is 0.156. The molecule has 0 aliphatic heterocycles. The fraction of sp³-hybridized carbons (Fsp3) is 0.375. The molecule has 0 aromatic carbocycles. The Balaban J connectivity index is 0. The summed E-state index contributed by atoms with van der Waals surface area (Å²) in [5.41, 5.74) is 0.141. The van der Waals surface area contributed by atoms with E-state index in [1.165, 1.54) is 20.1 Å². The minimum absolute atomic E-state index is 0. The van der Waals surface area contributed by atoms with E-state index in [1.807, 2.05) is 0 Å². The Labute approximate surface area is 94.4 Å². The summed E-state index contributed by atoms with van der Waals surface area (Å²) < 4.78 is 4.38. The molecule has 0 saturated carbocycles. The third kappa shape index (κ3) is 4.59. The van der Waals surface area contributed by atoms with Gasteiger partial charge in [0.1, 0.15) is 0 Å². The van der Waals surface area contributed by atoms with Gasteiger partial charge in [0.2, 0.25) is 0 Å². The Morgan fingerprint density at radius 2 is 2.17 bits per heavy atom. The van der Waals surface area contributed by atoms with Crippen LogP contribution in [-0.2, 0) is 9.53 Å². The Hall–Kier alpha value is -0.250. The largest absolute Gasteiger partial charge is 1.00 e. The van der Waals surface area contributed by atoms with Gasteiger partial charge in [-0.1, -0.05) is 13.0 Å². The average Bonchev–Trinajstić information content (AvgIpc) is 1.98. The number of carbonyl (C=O) groups is 1. The van der Waals surface area contributed by atoms with Crippen LogP contribution in [0.15, 0.2) is 24.0 Å². The molecule has 0 atom stereocenters. The molecule has 0 aliphatic rings. The van der Waals surface area contributed by atoms with Crippen LogP contribution in [0.1, 0.15) is 13.3 Å². The van der Waals surface area contributed by atoms with Crippen molar-refractivity contribution in [2.45, 2.75) is 13.3 Å². The molecule has 0 amide bonds. The average molecular weight is 178 g/mol. The Kier molecular flexibility index (Phi) is 8.81. The summed E-state index contributed by atoms with van der Waals surface area (Å²) in [6.07, 6.45) is 1.76. The summed E-state index contributed by atoms with van der Waals surface area (Å²) in [5, 5.41) is 10.7. The van der Waals surface area contributed by atoms with Crippen molar-refractivity contribution in [3.05, 3.63) is 24.0 Å². The minimum Gasteiger partial charge on any atom is -0.875 e. The molecule has 0 fully saturated rings. The fourth-order valence-electron chi connectivity index (χ4n) is 0.638. The zero-order chi connectivity index (χ0) is 8.85. The Morgan fingerprint density at radius 3 is 2.42 bits per heavy atom. The topological polar surface area (TPSA) is 49.4 Å². The van der Waals surface area contributed by atoms with E-state index in [1.54, 1.807) is 0 Å². The van der Waals surface area contributed by atoms with Gasteiger partial charge in [0.25, 0.3) is 0 Å². The van der Waals surface area contributed by atoms with Gasteiger partial charge < -0.3 is 9.84 Å². The molecule has 0 radical (unpaired) electrons. The van der Waals surface area contributed by atoms with Gasteiger partial charge in [-0.2, -0.15) is 0 Å². The van der Waals surface area contributed by atoms with Crippen LogP contribution in [0, 0.1) is 0 Å². The smallest absolute Gasteiger partial charge is 0.875 e. The number of rotatable bonds is 3. The molecule has 0 aromatic heterocycles. The molecular formula is C8H11NaO3. The fourth-order valence-corrected chi connectivity index (χ4v) is 0.638. The van der Waals surface area contributed by atoms with E-state index in [-0.39, 0.29) is 47.3 Å². The standard InChI is InChI=1S/C8H12O3.Na/c1-4-5-7(6(2)9)8(10)11-3;/h4,9H,1,5H2,2-3H3;/q;+1/p-1/b7-6+;. The summed E-state index contributed by atoms with van der Waals surface area (Å²) in [6, 6.07) is 0. The maximum Gasteiger partial charge on any atom is 1.00 e. The van der Waals surface area contributed by atoms with Crippen molar-refractivity contribution in [3.63, 3.8) is 0 Å². The number of hydrogen-bond donors (Lipinski definition) is 0. The van der Waals surface area contributed by atoms with E-state index in [0.29, 0.717) is 0 Å². The second-order valence-corrected chi connectivity index (χ2v) is 2.02. The zero-order valence-electron chi connectivity index (χ0n) is 7.72. The monoisotopic (exact) mass is 178 g/mol. The Bertz CT molecular complexity index is 192. The minimum atomic E-state index is -0.572. The molecule has 62 valence electrons. The van der Waals surface area contributed by atoms with Crippen molar-refractivity contribution in [3.8, 4) is 0 Å². The van der Waals surface area contributed by atoms with E-state index in [0.717, 1.165) is 0 Å². The van der Waals surface area contributed by atoms with Crippen molar-refractivity contribution in [1.29, 1.82) is 0 Å². The van der Waals surface area contributed by atoms with Gasteiger partial charge in [-0.15, -0.1) is 12.3 Å². The van der Waals surface area contributed by atoms with Crippen LogP contribution < -0.4 is 34.7 Å². The van der Waals surface area contributed by atoms with Crippen LogP contribution in [-0.4, -0.2) is 13.1 Å². The van der Waals surface area contributed by atoms with E-state index < -0.39 is 5.97 Å². The third-order valence-corrected chi connectivity index (χ3v) is 1.21. The number of methoxy groups -OCH3 is 1. The third-order valence-electron chi connectivity index (χ3n) is 1.21. The van der Waals surface area contributed by atoms with Gasteiger partial charge in [0.15, 0.2) is 0 Å². The first-order valence-electron chi connectivity index (χ1n) is 3.19. The Morgan fingerprint density at radius 1 is 1.67 bits per heavy atom. The van der Waals surface area contributed by atoms with Crippen LogP contribution in [0.5, 0.6) is 0 Å². The summed E-state index contributed by atoms with van der Waals surface area (Å²) in [5.74, 6) is -0.839. The van der Waals surface area contributed by atoms with E-state index in [9.17, 15) is 9.90 Å². The molecule has 0 heterocycles. The molecule has 0 N–H and O–H groups in total. The first-order chi connectivity index (χ1) is 5.13. The molecule has 12 heavy (non-hydrogen) atoms. The van der Waals surface area contributed by atoms with Gasteiger partial charge in [-0.3, -0.25) is 0 Å². The first-order valence-corrected chi connectivity index (χ1v) is 3.19. The van der Waals surface area contributed by atoms with Crippen LogP contribution in [0.4, 0.5) is 0 Å². The molecule has 0 unspecified atom stereocenters. The van der Waals surface area contributed by atoms with Crippen LogP contribution >= 0.6 is 0 Å². The number of carbonyl (C=O) groups excluding carboxylic acids is 1. The maximum absolute atomic E-state index is 10.8. The summed E-state index contributed by atoms with van der Waals surface area (Å²) in [7, 11) is 1.24. The van der Waals surface area contributed by atoms with Crippen molar-refractivity contribution >= 4 is 5.97 Å². The summed E-state index contributed by atoms with van der Waals surface area (Å²) in [4.78, 5) is 10.8. The van der Waals surface area contributed by atoms with Crippen LogP contribution in [0.25, 0.3) is 0 Å². The van der Waals surface area contributed by atoms with Crippen LogP contribution in [0.3, 0.4) is 0 Å². The number of esters is 1. The van der Waals surface area contributed by atoms with Crippen LogP contribution in [0.2, 0.25) is 0 Å². The van der Waals surface area contributed by atoms with E-state index >= 15 is 0 Å². The summed E-state index contributed by atoms with van der Waals surface area (Å²) in [6.45, 7) is 4.75. The zero-order valence-corrected chi connectivity index (χ0v) is 9.72. The predicted octanol–water partition coefficient (Wildman–Crippen LogP) is -2.63. The van der Waals surface area contributed by atoms with E-state index in [2.05, 4.69) is 11.3 Å². The maximum atomic E-state index is 10.8. The van der Waals surface area contributed by atoms with Crippen molar-refractivity contribution < 1.29 is 44.2 Å². The second kappa shape index (κ2) is 7.40. The predicted molar refractivity (Wildman–Crippen MR) is 39.5 cm³/mol. The van der Waals surface area contributed by atoms with Gasteiger partial charge in [-0.25, -0.2) is 4.79 Å². The van der Waals surface area contributed by atoms with Crippen molar-refractivity contribution in [1.82, 2.24) is 0 Å². The molecule has 0 bridgehead atoms. The molecular weight excluding hydrogens is 167 g/mol. The number of hydrogen-bond acceptors (Lipinski definition) is 3. The summed E-state index contributed by atoms with van der Waals surface area (Å²) >= 11 is 0. The van der Waals surface area contributed by atoms with E-state index in [4.69, 9.17) is 0 Å². The molecule has 0 aromatic rings. The van der Waals surface area contributed by atoms with Gasteiger partial charge in [0, 0.05) is 5.57 Å². The molecule has 4 heteroatoms. The first kappa shape index (κ1) is 14.3. The number of ether oxygens (including phenoxy) is 1. The molecule has 3 nitrogen and oxygen atoms in total. The SMILES string of the molecule is C=CC/C(C(=O)OC)=C(/C)[O-].[Na+]. The van der Waals surface area contributed by atoms with Crippen molar-refractivity contribution in [2.75, 3.05) is 7.11 Å². The normalized spacial score (nSPS) is 10.8. The van der Waals surface area contributed by atoms with Gasteiger partial charge >= 0.3 is 35.5 Å². The molecule has 0 spiro atoms. The molecule has 0 saturated heterocycles.